The number of esters is 1. The molecule has 2 aliphatic heterocycles. The van der Waals surface area contributed by atoms with E-state index >= 15 is 4.39 Å². The van der Waals surface area contributed by atoms with Crippen LogP contribution >= 0.6 is 0 Å². The Bertz CT molecular complexity index is 1360. The smallest absolute Gasteiger partial charge is 0.410 e. The summed E-state index contributed by atoms with van der Waals surface area (Å²) in [6.07, 6.45) is 6.33. The third-order valence-electron chi connectivity index (χ3n) is 8.82. The lowest BCUT2D eigenvalue weighted by molar-refractivity contribution is -0.151. The molecule has 1 saturated heterocycles. The molecule has 0 unspecified atom stereocenters. The Morgan fingerprint density at radius 1 is 1.14 bits per heavy atom. The zero-order valence-electron chi connectivity index (χ0n) is 25.6. The molecule has 10 nitrogen and oxygen atoms in total. The van der Waals surface area contributed by atoms with Crippen molar-refractivity contribution in [2.75, 3.05) is 33.2 Å². The molecular formula is C32H44FN5O5. The summed E-state index contributed by atoms with van der Waals surface area (Å²) in [5.41, 5.74) is 2.21. The number of cyclic esters (lactones) is 1. The first kappa shape index (κ1) is 31.1. The molecular weight excluding hydrogens is 553 g/mol. The number of aromatic nitrogens is 3. The lowest BCUT2D eigenvalue weighted by atomic mass is 9.91. The largest absolute Gasteiger partial charge is 0.457 e. The second kappa shape index (κ2) is 13.5. The van der Waals surface area contributed by atoms with Gasteiger partial charge in [-0.15, -0.1) is 5.10 Å². The van der Waals surface area contributed by atoms with E-state index in [9.17, 15) is 14.7 Å². The van der Waals surface area contributed by atoms with Crippen molar-refractivity contribution in [3.05, 3.63) is 41.2 Å². The molecule has 1 saturated carbocycles. The third-order valence-corrected chi connectivity index (χ3v) is 8.82. The fourth-order valence-corrected chi connectivity index (χ4v) is 5.79. The van der Waals surface area contributed by atoms with Crippen molar-refractivity contribution < 1.29 is 28.6 Å². The molecule has 2 fully saturated rings. The number of carbonyl (C=O) groups excluding carboxylic acids is 2. The number of aliphatic hydroxyl groups excluding tert-OH is 1. The van der Waals surface area contributed by atoms with Crippen LogP contribution in [-0.2, 0) is 20.8 Å². The molecule has 1 amide bonds. The summed E-state index contributed by atoms with van der Waals surface area (Å²) in [7, 11) is 2.03. The minimum Gasteiger partial charge on any atom is -0.457 e. The number of amides is 1. The van der Waals surface area contributed by atoms with Crippen molar-refractivity contribution in [2.24, 2.45) is 17.8 Å². The van der Waals surface area contributed by atoms with Gasteiger partial charge in [0.1, 0.15) is 17.7 Å². The first-order valence-corrected chi connectivity index (χ1v) is 15.5. The van der Waals surface area contributed by atoms with Crippen LogP contribution in [0.5, 0.6) is 0 Å². The number of rotatable bonds is 5. The van der Waals surface area contributed by atoms with Crippen LogP contribution in [0.1, 0.15) is 58.4 Å². The number of ether oxygens (including phenoxy) is 2. The lowest BCUT2D eigenvalue weighted by Gasteiger charge is -2.33. The highest BCUT2D eigenvalue weighted by atomic mass is 19.1. The van der Waals surface area contributed by atoms with Crippen LogP contribution in [0, 0.1) is 23.6 Å². The van der Waals surface area contributed by atoms with Crippen LogP contribution in [0.15, 0.2) is 29.9 Å². The number of hydrogen-bond acceptors (Lipinski definition) is 8. The molecule has 1 aliphatic carbocycles. The zero-order valence-corrected chi connectivity index (χ0v) is 25.6. The van der Waals surface area contributed by atoms with Gasteiger partial charge in [0.2, 0.25) is 0 Å². The highest BCUT2D eigenvalue weighted by molar-refractivity contribution is 5.79. The molecule has 1 N–H and O–H groups in total. The van der Waals surface area contributed by atoms with Crippen molar-refractivity contribution in [1.82, 2.24) is 24.8 Å². The second-order valence-corrected chi connectivity index (χ2v) is 12.7. The molecule has 0 spiro atoms. The number of piperazine rings is 1. The van der Waals surface area contributed by atoms with Crippen LogP contribution in [0.4, 0.5) is 9.18 Å². The molecule has 0 radical (unpaired) electrons. The van der Waals surface area contributed by atoms with Crippen molar-refractivity contribution in [3.63, 3.8) is 0 Å². The van der Waals surface area contributed by atoms with Crippen molar-refractivity contribution in [3.8, 4) is 0 Å². The van der Waals surface area contributed by atoms with Gasteiger partial charge in [0.25, 0.3) is 0 Å². The number of nitrogens with zero attached hydrogens (tertiary/aromatic N) is 5. The number of halogens is 1. The van der Waals surface area contributed by atoms with E-state index in [1.807, 2.05) is 52.1 Å². The Morgan fingerprint density at radius 2 is 1.88 bits per heavy atom. The van der Waals surface area contributed by atoms with E-state index in [0.29, 0.717) is 49.5 Å². The molecule has 3 heterocycles. The first-order chi connectivity index (χ1) is 20.6. The monoisotopic (exact) mass is 597 g/mol. The standard InChI is InChI=1S/C32H44FN5O5/c1-20-5-9-25(39)18-29(40)43-31(21(2)6-10-28(20)42-32(41)37-13-11-36(4)12-14-37)22(3)15-24-16-26(33)30-27(17-24)38(35-34-30)19-23-7-8-23/h6,10,15-17,20-21,23,25,28,31,39H,5,7-9,11-14,18-19H2,1-4H3/b10-6+,22-15+/t20-,21-,25+,28-,31-/m0/s1. The van der Waals surface area contributed by atoms with Gasteiger partial charge in [-0.25, -0.2) is 13.9 Å². The molecule has 11 heteroatoms. The van der Waals surface area contributed by atoms with Crippen LogP contribution in [0.25, 0.3) is 17.1 Å². The van der Waals surface area contributed by atoms with Gasteiger partial charge < -0.3 is 24.4 Å². The Balaban J connectivity index is 1.38. The highest BCUT2D eigenvalue weighted by Crippen LogP contribution is 2.32. The predicted molar refractivity (Wildman–Crippen MR) is 160 cm³/mol. The topological polar surface area (TPSA) is 110 Å². The maximum absolute atomic E-state index is 15.0. The lowest BCUT2D eigenvalue weighted by Crippen LogP contribution is -2.48. The Labute approximate surface area is 252 Å². The van der Waals surface area contributed by atoms with E-state index in [4.69, 9.17) is 9.47 Å². The van der Waals surface area contributed by atoms with Crippen molar-refractivity contribution in [2.45, 2.75) is 77.7 Å². The summed E-state index contributed by atoms with van der Waals surface area (Å²) in [5.74, 6) is -0.748. The minimum absolute atomic E-state index is 0.0659. The number of likely N-dealkylation sites (N-methyl/N-ethyl adjacent to an activating group) is 1. The average molecular weight is 598 g/mol. The van der Waals surface area contributed by atoms with Crippen LogP contribution in [0.2, 0.25) is 0 Å². The van der Waals surface area contributed by atoms with Crippen LogP contribution < -0.4 is 0 Å². The number of carbonyl (C=O) groups is 2. The summed E-state index contributed by atoms with van der Waals surface area (Å²) in [4.78, 5) is 29.8. The maximum Gasteiger partial charge on any atom is 0.410 e. The van der Waals surface area contributed by atoms with Gasteiger partial charge in [-0.05, 0) is 80.8 Å². The van der Waals surface area contributed by atoms with E-state index < -0.39 is 30.1 Å². The molecule has 43 heavy (non-hydrogen) atoms. The normalized spacial score (nSPS) is 29.1. The van der Waals surface area contributed by atoms with Crippen molar-refractivity contribution >= 4 is 29.2 Å². The molecule has 0 bridgehead atoms. The van der Waals surface area contributed by atoms with Gasteiger partial charge in [-0.2, -0.15) is 0 Å². The summed E-state index contributed by atoms with van der Waals surface area (Å²) >= 11 is 0. The Kier molecular flexibility index (Phi) is 9.81. The number of benzene rings is 1. The van der Waals surface area contributed by atoms with Gasteiger partial charge in [0.05, 0.1) is 18.0 Å². The summed E-state index contributed by atoms with van der Waals surface area (Å²) in [6.45, 7) is 9.29. The molecule has 3 aliphatic rings. The van der Waals surface area contributed by atoms with E-state index in [1.165, 1.54) is 6.07 Å². The van der Waals surface area contributed by atoms with E-state index in [0.717, 1.165) is 31.5 Å². The van der Waals surface area contributed by atoms with Gasteiger partial charge >= 0.3 is 12.1 Å². The fourth-order valence-electron chi connectivity index (χ4n) is 5.79. The van der Waals surface area contributed by atoms with E-state index in [1.54, 1.807) is 9.58 Å². The number of fused-ring (bicyclic) bond motifs is 1. The highest BCUT2D eigenvalue weighted by Gasteiger charge is 2.29. The number of aliphatic hydroxyl groups is 1. The van der Waals surface area contributed by atoms with E-state index in [2.05, 4.69) is 15.2 Å². The van der Waals surface area contributed by atoms with Gasteiger partial charge in [0.15, 0.2) is 5.82 Å². The fraction of sp³-hybridized carbons (Fsp3) is 0.625. The molecule has 2 aromatic rings. The summed E-state index contributed by atoms with van der Waals surface area (Å²) in [6, 6.07) is 3.28. The quantitative estimate of drug-likeness (QED) is 0.399. The second-order valence-electron chi connectivity index (χ2n) is 12.7. The van der Waals surface area contributed by atoms with Crippen LogP contribution in [-0.4, -0.2) is 93.5 Å². The molecule has 1 aromatic heterocycles. The minimum atomic E-state index is -0.872. The molecule has 234 valence electrons. The summed E-state index contributed by atoms with van der Waals surface area (Å²) in [5, 5.41) is 18.8. The van der Waals surface area contributed by atoms with Gasteiger partial charge in [-0.3, -0.25) is 4.79 Å². The van der Waals surface area contributed by atoms with Gasteiger partial charge in [0, 0.05) is 38.6 Å². The van der Waals surface area contributed by atoms with Gasteiger partial charge in [-0.1, -0.05) is 31.2 Å². The summed E-state index contributed by atoms with van der Waals surface area (Å²) < 4.78 is 28.7. The van der Waals surface area contributed by atoms with Crippen molar-refractivity contribution in [1.29, 1.82) is 0 Å². The molecule has 5 atom stereocenters. The molecule has 1 aromatic carbocycles. The molecule has 5 rings (SSSR count). The number of hydrogen-bond donors (Lipinski definition) is 1. The van der Waals surface area contributed by atoms with E-state index in [-0.39, 0.29) is 29.9 Å². The Morgan fingerprint density at radius 3 is 2.60 bits per heavy atom. The Hall–Kier alpha value is -3.31. The van der Waals surface area contributed by atoms with Crippen LogP contribution in [0.3, 0.4) is 0 Å². The average Bonchev–Trinajstić information content (AvgIpc) is 3.70. The zero-order chi connectivity index (χ0) is 30.7. The maximum atomic E-state index is 15.0. The predicted octanol–water partition coefficient (Wildman–Crippen LogP) is 4.42. The third kappa shape index (κ3) is 8.00. The first-order valence-electron chi connectivity index (χ1n) is 15.5. The SMILES string of the molecule is C/C(=C\c1cc(F)c2nnn(CC3CC3)c2c1)[C@H]1OC(=O)C[C@H](O)CC[C@H](C)[C@@H](OC(=O)N2CCN(C)CC2)/C=C/[C@@H]1C.